The van der Waals surface area contributed by atoms with Crippen molar-refractivity contribution in [3.63, 3.8) is 0 Å². The highest BCUT2D eigenvalue weighted by Crippen LogP contribution is 2.13. The monoisotopic (exact) mass is 195 g/mol. The quantitative estimate of drug-likeness (QED) is 0.723. The SMILES string of the molecule is CCOCC(=O)/C=C/c1ccoc1N. The fraction of sp³-hybridized carbons (Fsp3) is 0.300. The highest BCUT2D eigenvalue weighted by atomic mass is 16.5. The number of anilines is 1. The van der Waals surface area contributed by atoms with E-state index >= 15 is 0 Å². The van der Waals surface area contributed by atoms with Gasteiger partial charge in [-0.1, -0.05) is 0 Å². The first-order chi connectivity index (χ1) is 6.74. The Balaban J connectivity index is 2.48. The second-order valence-corrected chi connectivity index (χ2v) is 2.68. The standard InChI is InChI=1S/C10H13NO3/c1-2-13-7-9(12)4-3-8-5-6-14-10(8)11/h3-6H,2,7,11H2,1H3/b4-3+. The molecule has 0 fully saturated rings. The van der Waals surface area contributed by atoms with E-state index in [1.807, 2.05) is 6.92 Å². The third-order valence-electron chi connectivity index (χ3n) is 1.62. The zero-order valence-electron chi connectivity index (χ0n) is 8.03. The predicted molar refractivity (Wildman–Crippen MR) is 53.7 cm³/mol. The van der Waals surface area contributed by atoms with E-state index < -0.39 is 0 Å². The summed E-state index contributed by atoms with van der Waals surface area (Å²) in [6, 6.07) is 1.69. The predicted octanol–water partition coefficient (Wildman–Crippen LogP) is 1.48. The number of hydrogen-bond donors (Lipinski definition) is 1. The van der Waals surface area contributed by atoms with Crippen molar-refractivity contribution < 1.29 is 13.9 Å². The van der Waals surface area contributed by atoms with Gasteiger partial charge in [0.05, 0.1) is 6.26 Å². The molecule has 1 aromatic rings. The van der Waals surface area contributed by atoms with Crippen LogP contribution in [-0.4, -0.2) is 19.0 Å². The third kappa shape index (κ3) is 3.06. The van der Waals surface area contributed by atoms with Crippen LogP contribution in [0.15, 0.2) is 22.8 Å². The van der Waals surface area contributed by atoms with Crippen LogP contribution in [0.1, 0.15) is 12.5 Å². The van der Waals surface area contributed by atoms with Crippen molar-refractivity contribution >= 4 is 17.7 Å². The van der Waals surface area contributed by atoms with Crippen LogP contribution in [0, 0.1) is 0 Å². The average Bonchev–Trinajstić information content (AvgIpc) is 2.58. The van der Waals surface area contributed by atoms with Gasteiger partial charge in [0.25, 0.3) is 0 Å². The minimum absolute atomic E-state index is 0.0903. The summed E-state index contributed by atoms with van der Waals surface area (Å²) in [5.41, 5.74) is 6.17. The van der Waals surface area contributed by atoms with Gasteiger partial charge in [-0.15, -0.1) is 0 Å². The van der Waals surface area contributed by atoms with Crippen molar-refractivity contribution in [1.82, 2.24) is 0 Å². The summed E-state index contributed by atoms with van der Waals surface area (Å²) < 4.78 is 9.80. The molecule has 0 aliphatic rings. The van der Waals surface area contributed by atoms with Crippen LogP contribution < -0.4 is 5.73 Å². The Morgan fingerprint density at radius 1 is 1.71 bits per heavy atom. The number of furan rings is 1. The zero-order valence-corrected chi connectivity index (χ0v) is 8.03. The van der Waals surface area contributed by atoms with Crippen molar-refractivity contribution in [2.24, 2.45) is 0 Å². The molecule has 1 aromatic heterocycles. The van der Waals surface area contributed by atoms with Gasteiger partial charge in [-0.2, -0.15) is 0 Å². The number of rotatable bonds is 5. The molecule has 0 radical (unpaired) electrons. The van der Waals surface area contributed by atoms with Crippen LogP contribution in [0.4, 0.5) is 5.88 Å². The van der Waals surface area contributed by atoms with E-state index in [0.29, 0.717) is 18.1 Å². The molecular formula is C10H13NO3. The molecule has 1 heterocycles. The lowest BCUT2D eigenvalue weighted by atomic mass is 10.2. The largest absolute Gasteiger partial charge is 0.449 e. The van der Waals surface area contributed by atoms with E-state index in [1.165, 1.54) is 12.3 Å². The lowest BCUT2D eigenvalue weighted by molar-refractivity contribution is -0.118. The lowest BCUT2D eigenvalue weighted by Crippen LogP contribution is -2.04. The van der Waals surface area contributed by atoms with Gasteiger partial charge in [-0.25, -0.2) is 0 Å². The van der Waals surface area contributed by atoms with Crippen LogP contribution >= 0.6 is 0 Å². The smallest absolute Gasteiger partial charge is 0.197 e. The average molecular weight is 195 g/mol. The van der Waals surface area contributed by atoms with Crippen molar-refractivity contribution in [2.45, 2.75) is 6.92 Å². The van der Waals surface area contributed by atoms with Crippen LogP contribution in [0.2, 0.25) is 0 Å². The minimum Gasteiger partial charge on any atom is -0.449 e. The minimum atomic E-state index is -0.0903. The van der Waals surface area contributed by atoms with Crippen molar-refractivity contribution in [3.05, 3.63) is 24.0 Å². The first-order valence-corrected chi connectivity index (χ1v) is 4.35. The summed E-state index contributed by atoms with van der Waals surface area (Å²) in [6.45, 7) is 2.48. The summed E-state index contributed by atoms with van der Waals surface area (Å²) in [7, 11) is 0. The maximum absolute atomic E-state index is 11.1. The van der Waals surface area contributed by atoms with Gasteiger partial charge < -0.3 is 14.9 Å². The molecule has 0 aromatic carbocycles. The van der Waals surface area contributed by atoms with Crippen LogP contribution in [0.25, 0.3) is 6.08 Å². The number of ether oxygens (including phenoxy) is 1. The summed E-state index contributed by atoms with van der Waals surface area (Å²) in [5.74, 6) is 0.220. The maximum Gasteiger partial charge on any atom is 0.197 e. The molecule has 0 aliphatic carbocycles. The topological polar surface area (TPSA) is 65.5 Å². The Morgan fingerprint density at radius 3 is 3.07 bits per heavy atom. The summed E-state index contributed by atoms with van der Waals surface area (Å²) in [6.07, 6.45) is 4.51. The molecule has 2 N–H and O–H groups in total. The van der Waals surface area contributed by atoms with E-state index in [0.717, 1.165) is 0 Å². The molecule has 4 nitrogen and oxygen atoms in total. The second kappa shape index (κ2) is 5.24. The Morgan fingerprint density at radius 2 is 2.50 bits per heavy atom. The maximum atomic E-state index is 11.1. The van der Waals surface area contributed by atoms with E-state index in [9.17, 15) is 4.79 Å². The second-order valence-electron chi connectivity index (χ2n) is 2.68. The van der Waals surface area contributed by atoms with E-state index in [1.54, 1.807) is 12.1 Å². The number of carbonyl (C=O) groups excluding carboxylic acids is 1. The Labute approximate surface area is 82.3 Å². The first kappa shape index (κ1) is 10.5. The molecule has 0 amide bonds. The molecule has 0 atom stereocenters. The zero-order chi connectivity index (χ0) is 10.4. The van der Waals surface area contributed by atoms with Crippen LogP contribution in [0.3, 0.4) is 0 Å². The van der Waals surface area contributed by atoms with Crippen LogP contribution in [-0.2, 0) is 9.53 Å². The highest BCUT2D eigenvalue weighted by Gasteiger charge is 1.99. The molecule has 0 spiro atoms. The lowest BCUT2D eigenvalue weighted by Gasteiger charge is -1.94. The highest BCUT2D eigenvalue weighted by molar-refractivity contribution is 5.95. The fourth-order valence-corrected chi connectivity index (χ4v) is 0.902. The van der Waals surface area contributed by atoms with E-state index in [-0.39, 0.29) is 12.4 Å². The van der Waals surface area contributed by atoms with E-state index in [4.69, 9.17) is 14.9 Å². The first-order valence-electron chi connectivity index (χ1n) is 4.35. The summed E-state index contributed by atoms with van der Waals surface area (Å²) >= 11 is 0. The molecule has 76 valence electrons. The van der Waals surface area contributed by atoms with Crippen LogP contribution in [0.5, 0.6) is 0 Å². The molecule has 14 heavy (non-hydrogen) atoms. The van der Waals surface area contributed by atoms with Gasteiger partial charge in [0.1, 0.15) is 6.61 Å². The van der Waals surface area contributed by atoms with Gasteiger partial charge in [0, 0.05) is 12.2 Å². The Hall–Kier alpha value is -1.55. The molecule has 4 heteroatoms. The Kier molecular flexibility index (Phi) is 3.94. The number of nitrogens with two attached hydrogens (primary N) is 1. The molecular weight excluding hydrogens is 182 g/mol. The molecule has 0 bridgehead atoms. The number of hydrogen-bond acceptors (Lipinski definition) is 4. The molecule has 0 aliphatic heterocycles. The molecule has 0 unspecified atom stereocenters. The number of carbonyl (C=O) groups is 1. The Bertz CT molecular complexity index is 328. The molecule has 1 rings (SSSR count). The van der Waals surface area contributed by atoms with Gasteiger partial charge >= 0.3 is 0 Å². The summed E-state index contributed by atoms with van der Waals surface area (Å²) in [5, 5.41) is 0. The van der Waals surface area contributed by atoms with Crippen molar-refractivity contribution in [1.29, 1.82) is 0 Å². The molecule has 0 saturated carbocycles. The van der Waals surface area contributed by atoms with Crippen molar-refractivity contribution in [2.75, 3.05) is 18.9 Å². The number of nitrogen functional groups attached to an aromatic ring is 1. The van der Waals surface area contributed by atoms with E-state index in [2.05, 4.69) is 0 Å². The normalized spacial score (nSPS) is 10.9. The van der Waals surface area contributed by atoms with Gasteiger partial charge in [-0.3, -0.25) is 4.79 Å². The van der Waals surface area contributed by atoms with Gasteiger partial charge in [0.15, 0.2) is 11.7 Å². The van der Waals surface area contributed by atoms with Gasteiger partial charge in [0.2, 0.25) is 0 Å². The van der Waals surface area contributed by atoms with Gasteiger partial charge in [-0.05, 0) is 25.1 Å². The summed E-state index contributed by atoms with van der Waals surface area (Å²) in [4.78, 5) is 11.1. The van der Waals surface area contributed by atoms with Crippen molar-refractivity contribution in [3.8, 4) is 0 Å². The molecule has 0 saturated heterocycles. The fourth-order valence-electron chi connectivity index (χ4n) is 0.902. The third-order valence-corrected chi connectivity index (χ3v) is 1.62. The number of ketones is 1.